The number of aromatic nitrogens is 1. The minimum absolute atomic E-state index is 0.0428. The molecule has 7 heteroatoms. The monoisotopic (exact) mass is 269 g/mol. The summed E-state index contributed by atoms with van der Waals surface area (Å²) in [5.41, 5.74) is 5.53. The highest BCUT2D eigenvalue weighted by Gasteiger charge is 2.46. The van der Waals surface area contributed by atoms with E-state index >= 15 is 0 Å². The Morgan fingerprint density at radius 2 is 2.50 bits per heavy atom. The highest BCUT2D eigenvalue weighted by atomic mass is 32.1. The van der Waals surface area contributed by atoms with Gasteiger partial charge in [-0.3, -0.25) is 0 Å². The lowest BCUT2D eigenvalue weighted by Gasteiger charge is -2.45. The predicted octanol–water partition coefficient (Wildman–Crippen LogP) is 0.428. The average molecular weight is 269 g/mol. The largest absolute Gasteiger partial charge is 0.445 e. The van der Waals surface area contributed by atoms with Gasteiger partial charge in [-0.05, 0) is 0 Å². The maximum atomic E-state index is 11.5. The van der Waals surface area contributed by atoms with Crippen LogP contribution in [-0.2, 0) is 16.9 Å². The Morgan fingerprint density at radius 1 is 1.78 bits per heavy atom. The zero-order valence-electron chi connectivity index (χ0n) is 9.83. The van der Waals surface area contributed by atoms with Crippen LogP contribution in [0.2, 0.25) is 0 Å². The molecule has 1 aromatic rings. The van der Waals surface area contributed by atoms with Crippen LogP contribution in [0.15, 0.2) is 18.9 Å². The number of nitrogens with zero attached hydrogens (tertiary/aromatic N) is 2. The van der Waals surface area contributed by atoms with Gasteiger partial charge in [-0.25, -0.2) is 9.78 Å². The second-order valence-electron chi connectivity index (χ2n) is 4.17. The van der Waals surface area contributed by atoms with E-state index in [1.165, 1.54) is 22.3 Å². The normalized spacial score (nSPS) is 17.1. The minimum atomic E-state index is -0.620. The van der Waals surface area contributed by atoms with Gasteiger partial charge in [0.1, 0.15) is 17.2 Å². The van der Waals surface area contributed by atoms with E-state index in [0.717, 1.165) is 9.88 Å². The van der Waals surface area contributed by atoms with Gasteiger partial charge in [0, 0.05) is 6.20 Å². The molecule has 1 aliphatic heterocycles. The molecule has 0 aromatic carbocycles. The lowest BCUT2D eigenvalue weighted by Crippen LogP contribution is -2.66. The maximum Gasteiger partial charge on any atom is 0.410 e. The van der Waals surface area contributed by atoms with Crippen molar-refractivity contribution >= 4 is 17.4 Å². The van der Waals surface area contributed by atoms with E-state index < -0.39 is 11.6 Å². The Labute approximate surface area is 109 Å². The summed E-state index contributed by atoms with van der Waals surface area (Å²) in [6.07, 6.45) is 2.73. The van der Waals surface area contributed by atoms with Gasteiger partial charge in [-0.15, -0.1) is 11.3 Å². The molecule has 3 N–H and O–H groups in total. The smallest absolute Gasteiger partial charge is 0.410 e. The van der Waals surface area contributed by atoms with Crippen LogP contribution in [0.5, 0.6) is 0 Å². The van der Waals surface area contributed by atoms with Crippen molar-refractivity contribution in [1.82, 2.24) is 9.88 Å². The molecule has 1 fully saturated rings. The molecule has 18 heavy (non-hydrogen) atoms. The standard InChI is InChI=1S/C11H15N3O3S/c1-2-3-17-10(16)14-6-11(12,7-14)9-13-4-8(5-15)18-9/h2,4,15H,1,3,5-7,12H2. The number of amides is 1. The fraction of sp³-hybridized carbons (Fsp3) is 0.455. The SMILES string of the molecule is C=CCOC(=O)N1CC(N)(c2ncc(CO)s2)C1. The number of aliphatic hydroxyl groups excluding tert-OH is 1. The molecule has 0 saturated carbocycles. The molecular weight excluding hydrogens is 254 g/mol. The third kappa shape index (κ3) is 2.38. The van der Waals surface area contributed by atoms with Crippen molar-refractivity contribution in [3.63, 3.8) is 0 Å². The second kappa shape index (κ2) is 5.05. The van der Waals surface area contributed by atoms with E-state index in [1.54, 1.807) is 6.20 Å². The predicted molar refractivity (Wildman–Crippen MR) is 67.0 cm³/mol. The van der Waals surface area contributed by atoms with E-state index in [4.69, 9.17) is 15.6 Å². The highest BCUT2D eigenvalue weighted by molar-refractivity contribution is 7.11. The Balaban J connectivity index is 1.93. The maximum absolute atomic E-state index is 11.5. The quantitative estimate of drug-likeness (QED) is 0.774. The molecule has 0 bridgehead atoms. The van der Waals surface area contributed by atoms with Crippen LogP contribution in [0.25, 0.3) is 0 Å². The topological polar surface area (TPSA) is 88.7 Å². The summed E-state index contributed by atoms with van der Waals surface area (Å²) >= 11 is 1.37. The molecular formula is C11H15N3O3S. The Kier molecular flexibility index (Phi) is 3.65. The first-order valence-corrected chi connectivity index (χ1v) is 6.28. The van der Waals surface area contributed by atoms with Gasteiger partial charge in [-0.2, -0.15) is 0 Å². The number of likely N-dealkylation sites (tertiary alicyclic amines) is 1. The number of rotatable bonds is 4. The molecule has 2 rings (SSSR count). The molecule has 1 aliphatic rings. The van der Waals surface area contributed by atoms with E-state index in [0.29, 0.717) is 13.1 Å². The lowest BCUT2D eigenvalue weighted by atomic mass is 9.92. The summed E-state index contributed by atoms with van der Waals surface area (Å²) in [7, 11) is 0. The van der Waals surface area contributed by atoms with Crippen LogP contribution in [0.3, 0.4) is 0 Å². The van der Waals surface area contributed by atoms with Crippen molar-refractivity contribution in [2.75, 3.05) is 19.7 Å². The van der Waals surface area contributed by atoms with Crippen molar-refractivity contribution in [1.29, 1.82) is 0 Å². The average Bonchev–Trinajstić information content (AvgIpc) is 2.81. The van der Waals surface area contributed by atoms with E-state index in [9.17, 15) is 4.79 Å². The van der Waals surface area contributed by atoms with Crippen LogP contribution in [0, 0.1) is 0 Å². The van der Waals surface area contributed by atoms with E-state index in [-0.39, 0.29) is 13.2 Å². The van der Waals surface area contributed by atoms with Crippen LogP contribution in [0.1, 0.15) is 9.88 Å². The molecule has 1 aromatic heterocycles. The van der Waals surface area contributed by atoms with Gasteiger partial charge in [0.2, 0.25) is 0 Å². The number of hydrogen-bond acceptors (Lipinski definition) is 6. The summed E-state index contributed by atoms with van der Waals surface area (Å²) in [4.78, 5) is 18.0. The number of hydrogen-bond donors (Lipinski definition) is 2. The van der Waals surface area contributed by atoms with E-state index in [2.05, 4.69) is 11.6 Å². The van der Waals surface area contributed by atoms with Crippen LogP contribution in [-0.4, -0.2) is 40.8 Å². The summed E-state index contributed by atoms with van der Waals surface area (Å²) in [5.74, 6) is 0. The fourth-order valence-corrected chi connectivity index (χ4v) is 2.59. The third-order valence-corrected chi connectivity index (χ3v) is 3.87. The van der Waals surface area contributed by atoms with Crippen LogP contribution in [0.4, 0.5) is 4.79 Å². The van der Waals surface area contributed by atoms with Crippen LogP contribution < -0.4 is 5.73 Å². The zero-order chi connectivity index (χ0) is 13.2. The Morgan fingerprint density at radius 3 is 3.06 bits per heavy atom. The van der Waals surface area contributed by atoms with Crippen molar-refractivity contribution in [3.8, 4) is 0 Å². The summed E-state index contributed by atoms with van der Waals surface area (Å²) in [6.45, 7) is 4.37. The molecule has 0 spiro atoms. The van der Waals surface area contributed by atoms with Gasteiger partial charge in [0.05, 0.1) is 24.6 Å². The number of aliphatic hydroxyl groups is 1. The summed E-state index contributed by atoms with van der Waals surface area (Å²) in [6, 6.07) is 0. The van der Waals surface area contributed by atoms with Crippen LogP contribution >= 0.6 is 11.3 Å². The molecule has 1 amide bonds. The summed E-state index contributed by atoms with van der Waals surface area (Å²) in [5, 5.41) is 9.72. The number of carbonyl (C=O) groups excluding carboxylic acids is 1. The summed E-state index contributed by atoms with van der Waals surface area (Å²) < 4.78 is 4.91. The molecule has 2 heterocycles. The van der Waals surface area contributed by atoms with Crippen molar-refractivity contribution in [2.24, 2.45) is 5.73 Å². The van der Waals surface area contributed by atoms with E-state index in [1.807, 2.05) is 0 Å². The van der Waals surface area contributed by atoms with Crippen molar-refractivity contribution in [3.05, 3.63) is 28.7 Å². The van der Waals surface area contributed by atoms with Gasteiger partial charge in [-0.1, -0.05) is 12.7 Å². The molecule has 0 radical (unpaired) electrons. The number of ether oxygens (including phenoxy) is 1. The number of thiazole rings is 1. The Hall–Kier alpha value is -1.44. The first kappa shape index (κ1) is 13.0. The molecule has 6 nitrogen and oxygen atoms in total. The molecule has 0 aliphatic carbocycles. The van der Waals surface area contributed by atoms with Gasteiger partial charge in [0.15, 0.2) is 0 Å². The van der Waals surface area contributed by atoms with Gasteiger partial charge >= 0.3 is 6.09 Å². The molecule has 0 atom stereocenters. The first-order valence-electron chi connectivity index (χ1n) is 5.46. The third-order valence-electron chi connectivity index (χ3n) is 2.66. The zero-order valence-corrected chi connectivity index (χ0v) is 10.7. The highest BCUT2D eigenvalue weighted by Crippen LogP contribution is 2.32. The molecule has 1 saturated heterocycles. The second-order valence-corrected chi connectivity index (χ2v) is 5.28. The number of nitrogens with two attached hydrogens (primary N) is 1. The lowest BCUT2D eigenvalue weighted by molar-refractivity contribution is 0.0443. The Bertz CT molecular complexity index is 454. The van der Waals surface area contributed by atoms with Crippen molar-refractivity contribution in [2.45, 2.75) is 12.1 Å². The molecule has 98 valence electrons. The first-order chi connectivity index (χ1) is 8.59. The van der Waals surface area contributed by atoms with Gasteiger partial charge in [0.25, 0.3) is 0 Å². The minimum Gasteiger partial charge on any atom is -0.445 e. The fourth-order valence-electron chi connectivity index (χ4n) is 1.73. The number of carbonyl (C=O) groups is 1. The van der Waals surface area contributed by atoms with Crippen molar-refractivity contribution < 1.29 is 14.6 Å². The molecule has 0 unspecified atom stereocenters. The van der Waals surface area contributed by atoms with Gasteiger partial charge < -0.3 is 20.5 Å².